The molecule has 8 heteroatoms. The summed E-state index contributed by atoms with van der Waals surface area (Å²) in [5, 5.41) is 5.43. The molecule has 1 atom stereocenters. The highest BCUT2D eigenvalue weighted by Gasteiger charge is 2.43. The van der Waals surface area contributed by atoms with Crippen LogP contribution < -0.4 is 10.6 Å². The van der Waals surface area contributed by atoms with E-state index in [-0.39, 0.29) is 12.3 Å². The lowest BCUT2D eigenvalue weighted by molar-refractivity contribution is -0.184. The van der Waals surface area contributed by atoms with Gasteiger partial charge in [-0.05, 0) is 18.6 Å². The molecule has 2 heterocycles. The summed E-state index contributed by atoms with van der Waals surface area (Å²) in [6.07, 6.45) is -2.19. The molecule has 0 spiro atoms. The Hall–Kier alpha value is -1.67. The normalized spacial score (nSPS) is 17.7. The zero-order valence-corrected chi connectivity index (χ0v) is 12.8. The van der Waals surface area contributed by atoms with Crippen LogP contribution in [-0.2, 0) is 11.2 Å². The van der Waals surface area contributed by atoms with Crippen molar-refractivity contribution in [1.82, 2.24) is 20.5 Å². The second kappa shape index (κ2) is 8.26. The molecule has 0 aromatic carbocycles. The maximum atomic E-state index is 13.2. The fraction of sp³-hybridized carbons (Fsp3) is 0.600. The van der Waals surface area contributed by atoms with Crippen molar-refractivity contribution in [2.24, 2.45) is 0 Å². The van der Waals surface area contributed by atoms with E-state index in [1.54, 1.807) is 18.3 Å². The highest BCUT2D eigenvalue weighted by atomic mass is 19.4. The minimum Gasteiger partial charge on any atom is -0.354 e. The number of piperazine rings is 1. The summed E-state index contributed by atoms with van der Waals surface area (Å²) in [4.78, 5) is 17.2. The van der Waals surface area contributed by atoms with Crippen molar-refractivity contribution in [2.45, 2.75) is 25.1 Å². The van der Waals surface area contributed by atoms with Gasteiger partial charge in [-0.3, -0.25) is 14.7 Å². The van der Waals surface area contributed by atoms with E-state index in [0.717, 1.165) is 5.69 Å². The predicted molar refractivity (Wildman–Crippen MR) is 79.9 cm³/mol. The number of hydrogen-bond acceptors (Lipinski definition) is 4. The Morgan fingerprint density at radius 2 is 2.09 bits per heavy atom. The number of halogens is 3. The molecule has 1 amide bonds. The first kappa shape index (κ1) is 17.7. The minimum absolute atomic E-state index is 0.128. The van der Waals surface area contributed by atoms with Crippen LogP contribution in [-0.4, -0.2) is 60.7 Å². The maximum Gasteiger partial charge on any atom is 0.405 e. The van der Waals surface area contributed by atoms with Crippen LogP contribution in [0.5, 0.6) is 0 Å². The van der Waals surface area contributed by atoms with Gasteiger partial charge in [-0.1, -0.05) is 6.07 Å². The zero-order chi connectivity index (χ0) is 16.7. The summed E-state index contributed by atoms with van der Waals surface area (Å²) in [7, 11) is 0. The Morgan fingerprint density at radius 1 is 1.35 bits per heavy atom. The largest absolute Gasteiger partial charge is 0.405 e. The third kappa shape index (κ3) is 5.80. The monoisotopic (exact) mass is 330 g/mol. The van der Waals surface area contributed by atoms with E-state index in [1.807, 2.05) is 6.07 Å². The molecule has 0 bridgehead atoms. The van der Waals surface area contributed by atoms with Gasteiger partial charge in [0.1, 0.15) is 6.04 Å². The summed E-state index contributed by atoms with van der Waals surface area (Å²) in [5.41, 5.74) is 0.747. The Balaban J connectivity index is 1.81. The molecule has 5 nitrogen and oxygen atoms in total. The van der Waals surface area contributed by atoms with Gasteiger partial charge in [0.15, 0.2) is 0 Å². The second-order valence-corrected chi connectivity index (χ2v) is 5.47. The Labute approximate surface area is 133 Å². The maximum absolute atomic E-state index is 13.2. The van der Waals surface area contributed by atoms with E-state index in [2.05, 4.69) is 15.6 Å². The van der Waals surface area contributed by atoms with Gasteiger partial charge in [0.05, 0.1) is 0 Å². The molecule has 23 heavy (non-hydrogen) atoms. The SMILES string of the molecule is O=C(CCc1ccccn1)NCC(N1CCNCC1)C(F)(F)F. The number of pyridine rings is 1. The molecule has 128 valence electrons. The second-order valence-electron chi connectivity index (χ2n) is 5.47. The van der Waals surface area contributed by atoms with Crippen LogP contribution in [0.1, 0.15) is 12.1 Å². The molecule has 0 aliphatic carbocycles. The summed E-state index contributed by atoms with van der Waals surface area (Å²) in [6.45, 7) is 1.30. The topological polar surface area (TPSA) is 57.3 Å². The minimum atomic E-state index is -4.36. The third-order valence-corrected chi connectivity index (χ3v) is 3.80. The molecule has 1 fully saturated rings. The van der Waals surface area contributed by atoms with Gasteiger partial charge in [-0.2, -0.15) is 13.2 Å². The van der Waals surface area contributed by atoms with Crippen molar-refractivity contribution in [2.75, 3.05) is 32.7 Å². The lowest BCUT2D eigenvalue weighted by Crippen LogP contribution is -2.57. The van der Waals surface area contributed by atoms with Crippen LogP contribution >= 0.6 is 0 Å². The van der Waals surface area contributed by atoms with Crippen molar-refractivity contribution in [3.05, 3.63) is 30.1 Å². The standard InChI is InChI=1S/C15H21F3N4O/c16-15(17,18)13(22-9-7-19-8-10-22)11-21-14(23)5-4-12-3-1-2-6-20-12/h1-3,6,13,19H,4-5,7-11H2,(H,21,23). The fourth-order valence-electron chi connectivity index (χ4n) is 2.53. The van der Waals surface area contributed by atoms with E-state index < -0.39 is 18.8 Å². The number of carbonyl (C=O) groups is 1. The van der Waals surface area contributed by atoms with Gasteiger partial charge in [0, 0.05) is 51.0 Å². The molecule has 0 saturated carbocycles. The van der Waals surface area contributed by atoms with Crippen molar-refractivity contribution >= 4 is 5.91 Å². The Bertz CT molecular complexity index is 489. The molecule has 1 aliphatic heterocycles. The van der Waals surface area contributed by atoms with Gasteiger partial charge in [0.25, 0.3) is 0 Å². The van der Waals surface area contributed by atoms with Crippen LogP contribution in [0.15, 0.2) is 24.4 Å². The van der Waals surface area contributed by atoms with Crippen LogP contribution in [0, 0.1) is 0 Å². The average Bonchev–Trinajstić information content (AvgIpc) is 2.54. The number of rotatable bonds is 6. The van der Waals surface area contributed by atoms with Gasteiger partial charge in [-0.25, -0.2) is 0 Å². The van der Waals surface area contributed by atoms with Gasteiger partial charge in [-0.15, -0.1) is 0 Å². The highest BCUT2D eigenvalue weighted by Crippen LogP contribution is 2.24. The Morgan fingerprint density at radius 3 is 2.70 bits per heavy atom. The molecule has 1 aromatic rings. The number of aromatic nitrogens is 1. The molecular weight excluding hydrogens is 309 g/mol. The number of alkyl halides is 3. The number of nitrogens with one attached hydrogen (secondary N) is 2. The van der Waals surface area contributed by atoms with Crippen molar-refractivity contribution in [1.29, 1.82) is 0 Å². The lowest BCUT2D eigenvalue weighted by Gasteiger charge is -2.35. The van der Waals surface area contributed by atoms with Crippen molar-refractivity contribution in [3.63, 3.8) is 0 Å². The fourth-order valence-corrected chi connectivity index (χ4v) is 2.53. The van der Waals surface area contributed by atoms with Crippen LogP contribution in [0.3, 0.4) is 0 Å². The number of nitrogens with zero attached hydrogens (tertiary/aromatic N) is 2. The number of amides is 1. The van der Waals surface area contributed by atoms with Gasteiger partial charge < -0.3 is 10.6 Å². The molecule has 2 N–H and O–H groups in total. The van der Waals surface area contributed by atoms with Gasteiger partial charge >= 0.3 is 6.18 Å². The Kier molecular flexibility index (Phi) is 6.35. The lowest BCUT2D eigenvalue weighted by atomic mass is 10.2. The van der Waals surface area contributed by atoms with E-state index in [4.69, 9.17) is 0 Å². The average molecular weight is 330 g/mol. The van der Waals surface area contributed by atoms with E-state index >= 15 is 0 Å². The van der Waals surface area contributed by atoms with Crippen LogP contribution in [0.4, 0.5) is 13.2 Å². The van der Waals surface area contributed by atoms with E-state index in [0.29, 0.717) is 32.6 Å². The summed E-state index contributed by atoms with van der Waals surface area (Å²) < 4.78 is 39.5. The summed E-state index contributed by atoms with van der Waals surface area (Å²) in [5.74, 6) is -0.389. The highest BCUT2D eigenvalue weighted by molar-refractivity contribution is 5.76. The smallest absolute Gasteiger partial charge is 0.354 e. The number of hydrogen-bond donors (Lipinski definition) is 2. The molecular formula is C15H21F3N4O. The first-order valence-corrected chi connectivity index (χ1v) is 7.65. The molecule has 1 aromatic heterocycles. The van der Waals surface area contributed by atoms with Crippen LogP contribution in [0.25, 0.3) is 0 Å². The summed E-state index contributed by atoms with van der Waals surface area (Å²) in [6, 6.07) is 3.73. The molecule has 2 rings (SSSR count). The van der Waals surface area contributed by atoms with Gasteiger partial charge in [0.2, 0.25) is 5.91 Å². The molecule has 1 unspecified atom stereocenters. The zero-order valence-electron chi connectivity index (χ0n) is 12.8. The first-order chi connectivity index (χ1) is 11.0. The van der Waals surface area contributed by atoms with E-state index in [9.17, 15) is 18.0 Å². The molecule has 1 saturated heterocycles. The third-order valence-electron chi connectivity index (χ3n) is 3.80. The van der Waals surface area contributed by atoms with Crippen LogP contribution in [0.2, 0.25) is 0 Å². The predicted octanol–water partition coefficient (Wildman–Crippen LogP) is 0.966. The molecule has 0 radical (unpaired) electrons. The number of carbonyl (C=O) groups excluding carboxylic acids is 1. The quantitative estimate of drug-likeness (QED) is 0.816. The van der Waals surface area contributed by atoms with Crippen molar-refractivity contribution in [3.8, 4) is 0 Å². The van der Waals surface area contributed by atoms with Crippen molar-refractivity contribution < 1.29 is 18.0 Å². The molecule has 1 aliphatic rings. The first-order valence-electron chi connectivity index (χ1n) is 7.65. The summed E-state index contributed by atoms with van der Waals surface area (Å²) >= 11 is 0. The van der Waals surface area contributed by atoms with E-state index in [1.165, 1.54) is 4.90 Å². The number of aryl methyl sites for hydroxylation is 1.